The molecule has 0 amide bonds. The molecule has 1 saturated heterocycles. The lowest BCUT2D eigenvalue weighted by atomic mass is 9.82. The molecule has 2 heteroatoms. The van der Waals surface area contributed by atoms with Crippen molar-refractivity contribution >= 4 is 5.69 Å². The predicted octanol–water partition coefficient (Wildman–Crippen LogP) is 3.71. The van der Waals surface area contributed by atoms with Crippen LogP contribution in [-0.2, 0) is 16.7 Å². The van der Waals surface area contributed by atoms with Crippen LogP contribution >= 0.6 is 0 Å². The van der Waals surface area contributed by atoms with Gasteiger partial charge in [-0.25, -0.2) is 0 Å². The maximum atomic E-state index is 6.07. The Bertz CT molecular complexity index is 624. The molecule has 2 aromatic carbocycles. The van der Waals surface area contributed by atoms with Gasteiger partial charge in [0.2, 0.25) is 0 Å². The Morgan fingerprint density at radius 3 is 2.70 bits per heavy atom. The molecule has 2 nitrogen and oxygen atoms in total. The van der Waals surface area contributed by atoms with Crippen molar-refractivity contribution in [3.63, 3.8) is 0 Å². The topological polar surface area (TPSA) is 12.5 Å². The van der Waals surface area contributed by atoms with Crippen molar-refractivity contribution in [1.29, 1.82) is 0 Å². The summed E-state index contributed by atoms with van der Waals surface area (Å²) in [6.45, 7) is 4.12. The Labute approximate surface area is 120 Å². The van der Waals surface area contributed by atoms with Gasteiger partial charge in [-0.2, -0.15) is 0 Å². The van der Waals surface area contributed by atoms with Gasteiger partial charge in [-0.05, 0) is 23.6 Å². The maximum absolute atomic E-state index is 6.07. The SMILES string of the molecule is C[C@@]12CCO[C@@H]1N(Cc1ccccc1)c1ccccc12. The Hall–Kier alpha value is -1.80. The van der Waals surface area contributed by atoms with E-state index in [1.807, 2.05) is 0 Å². The minimum atomic E-state index is 0.144. The number of hydrogen-bond donors (Lipinski definition) is 0. The Balaban J connectivity index is 1.76. The molecule has 0 aromatic heterocycles. The van der Waals surface area contributed by atoms with E-state index < -0.39 is 0 Å². The molecule has 102 valence electrons. The number of anilines is 1. The molecule has 2 aliphatic rings. The Kier molecular flexibility index (Phi) is 2.61. The van der Waals surface area contributed by atoms with E-state index in [2.05, 4.69) is 66.4 Å². The van der Waals surface area contributed by atoms with E-state index in [-0.39, 0.29) is 11.6 Å². The number of para-hydroxylation sites is 1. The summed E-state index contributed by atoms with van der Waals surface area (Å²) < 4.78 is 6.07. The van der Waals surface area contributed by atoms with Gasteiger partial charge >= 0.3 is 0 Å². The highest BCUT2D eigenvalue weighted by Gasteiger charge is 2.51. The number of hydrogen-bond acceptors (Lipinski definition) is 2. The third-order valence-corrected chi connectivity index (χ3v) is 4.75. The molecule has 2 atom stereocenters. The van der Waals surface area contributed by atoms with E-state index in [9.17, 15) is 0 Å². The second-order valence-corrected chi connectivity index (χ2v) is 6.02. The monoisotopic (exact) mass is 265 g/mol. The van der Waals surface area contributed by atoms with Gasteiger partial charge in [0.25, 0.3) is 0 Å². The van der Waals surface area contributed by atoms with E-state index in [0.29, 0.717) is 0 Å². The molecule has 0 spiro atoms. The zero-order valence-electron chi connectivity index (χ0n) is 11.8. The average Bonchev–Trinajstić information content (AvgIpc) is 2.97. The van der Waals surface area contributed by atoms with Crippen molar-refractivity contribution in [3.8, 4) is 0 Å². The molecule has 20 heavy (non-hydrogen) atoms. The van der Waals surface area contributed by atoms with Crippen molar-refractivity contribution in [3.05, 3.63) is 65.7 Å². The molecule has 0 N–H and O–H groups in total. The van der Waals surface area contributed by atoms with Crippen LogP contribution in [0.3, 0.4) is 0 Å². The van der Waals surface area contributed by atoms with Crippen LogP contribution in [0.15, 0.2) is 54.6 Å². The third kappa shape index (κ3) is 1.61. The van der Waals surface area contributed by atoms with Crippen LogP contribution in [0.1, 0.15) is 24.5 Å². The second kappa shape index (κ2) is 4.35. The first-order valence-electron chi connectivity index (χ1n) is 7.31. The molecule has 0 saturated carbocycles. The molecule has 0 radical (unpaired) electrons. The van der Waals surface area contributed by atoms with Crippen LogP contribution in [0.2, 0.25) is 0 Å². The number of fused-ring (bicyclic) bond motifs is 3. The fraction of sp³-hybridized carbons (Fsp3) is 0.333. The quantitative estimate of drug-likeness (QED) is 0.820. The second-order valence-electron chi connectivity index (χ2n) is 6.02. The van der Waals surface area contributed by atoms with Crippen LogP contribution < -0.4 is 4.90 Å². The minimum absolute atomic E-state index is 0.144. The zero-order chi connectivity index (χ0) is 13.6. The molecule has 0 unspecified atom stereocenters. The number of nitrogens with zero attached hydrogens (tertiary/aromatic N) is 1. The van der Waals surface area contributed by atoms with Gasteiger partial charge in [0.05, 0.1) is 6.61 Å². The van der Waals surface area contributed by atoms with Gasteiger partial charge in [0.15, 0.2) is 0 Å². The van der Waals surface area contributed by atoms with E-state index in [4.69, 9.17) is 4.74 Å². The lowest BCUT2D eigenvalue weighted by Gasteiger charge is -2.29. The summed E-state index contributed by atoms with van der Waals surface area (Å²) in [5.41, 5.74) is 4.26. The molecular formula is C18H19NO. The summed E-state index contributed by atoms with van der Waals surface area (Å²) in [7, 11) is 0. The molecule has 0 bridgehead atoms. The minimum Gasteiger partial charge on any atom is -0.357 e. The summed E-state index contributed by atoms with van der Waals surface area (Å²) in [5.74, 6) is 0. The van der Waals surface area contributed by atoms with E-state index >= 15 is 0 Å². The molecular weight excluding hydrogens is 246 g/mol. The maximum Gasteiger partial charge on any atom is 0.140 e. The summed E-state index contributed by atoms with van der Waals surface area (Å²) in [6.07, 6.45) is 1.29. The van der Waals surface area contributed by atoms with Crippen molar-refractivity contribution in [1.82, 2.24) is 0 Å². The average molecular weight is 265 g/mol. The Morgan fingerprint density at radius 1 is 1.10 bits per heavy atom. The first-order valence-corrected chi connectivity index (χ1v) is 7.31. The molecule has 4 rings (SSSR count). The lowest BCUT2D eigenvalue weighted by molar-refractivity contribution is 0.0868. The summed E-state index contributed by atoms with van der Waals surface area (Å²) in [4.78, 5) is 2.43. The van der Waals surface area contributed by atoms with Crippen molar-refractivity contribution in [2.45, 2.75) is 31.5 Å². The van der Waals surface area contributed by atoms with E-state index in [1.165, 1.54) is 16.8 Å². The zero-order valence-corrected chi connectivity index (χ0v) is 11.8. The fourth-order valence-electron chi connectivity index (χ4n) is 3.67. The largest absolute Gasteiger partial charge is 0.357 e. The summed E-state index contributed by atoms with van der Waals surface area (Å²) >= 11 is 0. The number of ether oxygens (including phenoxy) is 1. The molecule has 2 heterocycles. The van der Waals surface area contributed by atoms with Crippen LogP contribution in [-0.4, -0.2) is 12.8 Å². The lowest BCUT2D eigenvalue weighted by Crippen LogP contribution is -2.39. The van der Waals surface area contributed by atoms with E-state index in [1.54, 1.807) is 0 Å². The first kappa shape index (κ1) is 12.0. The van der Waals surface area contributed by atoms with Crippen molar-refractivity contribution in [2.24, 2.45) is 0 Å². The highest BCUT2D eigenvalue weighted by molar-refractivity contribution is 5.64. The van der Waals surface area contributed by atoms with Crippen molar-refractivity contribution in [2.75, 3.05) is 11.5 Å². The smallest absolute Gasteiger partial charge is 0.140 e. The van der Waals surface area contributed by atoms with Gasteiger partial charge in [-0.3, -0.25) is 0 Å². The van der Waals surface area contributed by atoms with Gasteiger partial charge < -0.3 is 9.64 Å². The van der Waals surface area contributed by atoms with Crippen LogP contribution in [0.4, 0.5) is 5.69 Å². The van der Waals surface area contributed by atoms with Crippen LogP contribution in [0.25, 0.3) is 0 Å². The third-order valence-electron chi connectivity index (χ3n) is 4.75. The normalized spacial score (nSPS) is 27.4. The van der Waals surface area contributed by atoms with E-state index in [0.717, 1.165) is 19.6 Å². The highest BCUT2D eigenvalue weighted by Crippen LogP contribution is 2.51. The van der Waals surface area contributed by atoms with Gasteiger partial charge in [-0.15, -0.1) is 0 Å². The van der Waals surface area contributed by atoms with Gasteiger partial charge in [-0.1, -0.05) is 55.5 Å². The molecule has 2 aromatic rings. The predicted molar refractivity (Wildman–Crippen MR) is 80.8 cm³/mol. The summed E-state index contributed by atoms with van der Waals surface area (Å²) in [5, 5.41) is 0. The molecule has 1 fully saturated rings. The van der Waals surface area contributed by atoms with Gasteiger partial charge in [0, 0.05) is 17.6 Å². The van der Waals surface area contributed by atoms with Gasteiger partial charge in [0.1, 0.15) is 6.23 Å². The van der Waals surface area contributed by atoms with Crippen molar-refractivity contribution < 1.29 is 4.74 Å². The number of rotatable bonds is 2. The fourth-order valence-corrected chi connectivity index (χ4v) is 3.67. The summed E-state index contributed by atoms with van der Waals surface area (Å²) in [6, 6.07) is 19.4. The molecule has 0 aliphatic carbocycles. The number of benzene rings is 2. The van der Waals surface area contributed by atoms with Crippen LogP contribution in [0.5, 0.6) is 0 Å². The highest BCUT2D eigenvalue weighted by atomic mass is 16.5. The first-order chi connectivity index (χ1) is 9.79. The van der Waals surface area contributed by atoms with Crippen LogP contribution in [0, 0.1) is 0 Å². The Morgan fingerprint density at radius 2 is 1.85 bits per heavy atom. The molecule has 2 aliphatic heterocycles. The standard InChI is InChI=1S/C18H19NO/c1-18-11-12-20-17(18)19(13-14-7-3-2-4-8-14)16-10-6-5-9-15(16)18/h2-10,17H,11-13H2,1H3/t17-,18-/m0/s1.